The van der Waals surface area contributed by atoms with Crippen LogP contribution in [0.5, 0.6) is 0 Å². The standard InChI is InChI=1S/C43H41N9OS/c1-26(2)34-20-19-33-40(49-34)47-25-48-41(33)50-35-23-30(14-21-38(35)54-32-17-15-31(44)16-18-32)27-10-12-28(13-11-27)36-24-46-42(51-36)37-9-6-22-52(37)43(53)39(45)29-7-4-3-5-8-29/h3-5,7-8,10-21,23-26,37,39H,6,9,22,44-45H2,1-2H3,(H,46,51)(H,47,48,49,50)/t37-,39+/m0/s1. The van der Waals surface area contributed by atoms with Crippen molar-refractivity contribution in [1.29, 1.82) is 0 Å². The van der Waals surface area contributed by atoms with Gasteiger partial charge in [0.2, 0.25) is 5.91 Å². The predicted molar refractivity (Wildman–Crippen MR) is 216 cm³/mol. The van der Waals surface area contributed by atoms with E-state index in [1.54, 1.807) is 18.1 Å². The van der Waals surface area contributed by atoms with Gasteiger partial charge in [-0.2, -0.15) is 0 Å². The minimum absolute atomic E-state index is 0.0809. The minimum Gasteiger partial charge on any atom is -0.399 e. The summed E-state index contributed by atoms with van der Waals surface area (Å²) in [6.07, 6.45) is 5.14. The summed E-state index contributed by atoms with van der Waals surface area (Å²) in [5, 5.41) is 4.46. The first-order valence-corrected chi connectivity index (χ1v) is 19.0. The van der Waals surface area contributed by atoms with E-state index in [9.17, 15) is 4.79 Å². The number of amides is 1. The first-order valence-electron chi connectivity index (χ1n) is 18.1. The molecule has 1 aliphatic rings. The van der Waals surface area contributed by atoms with Crippen LogP contribution in [0.15, 0.2) is 132 Å². The molecule has 7 aromatic rings. The molecule has 3 aromatic heterocycles. The normalized spacial score (nSPS) is 14.8. The molecule has 270 valence electrons. The molecule has 0 unspecified atom stereocenters. The van der Waals surface area contributed by atoms with Crippen molar-refractivity contribution < 1.29 is 4.79 Å². The van der Waals surface area contributed by atoms with Gasteiger partial charge in [-0.15, -0.1) is 0 Å². The molecule has 8 rings (SSSR count). The van der Waals surface area contributed by atoms with Crippen molar-refractivity contribution in [3.05, 3.63) is 139 Å². The predicted octanol–water partition coefficient (Wildman–Crippen LogP) is 9.05. The highest BCUT2D eigenvalue weighted by atomic mass is 32.2. The number of imidazole rings is 1. The van der Waals surface area contributed by atoms with Crippen molar-refractivity contribution >= 4 is 45.9 Å². The third-order valence-electron chi connectivity index (χ3n) is 9.85. The molecule has 11 heteroatoms. The van der Waals surface area contributed by atoms with Gasteiger partial charge in [-0.3, -0.25) is 4.79 Å². The van der Waals surface area contributed by atoms with Gasteiger partial charge in [0.15, 0.2) is 5.65 Å². The number of carbonyl (C=O) groups is 1. The van der Waals surface area contributed by atoms with Crippen molar-refractivity contribution in [1.82, 2.24) is 29.8 Å². The molecule has 54 heavy (non-hydrogen) atoms. The Labute approximate surface area is 318 Å². The van der Waals surface area contributed by atoms with Crippen LogP contribution >= 0.6 is 11.8 Å². The van der Waals surface area contributed by atoms with Crippen molar-refractivity contribution in [3.8, 4) is 22.4 Å². The highest BCUT2D eigenvalue weighted by Gasteiger charge is 2.35. The molecule has 10 nitrogen and oxygen atoms in total. The maximum absolute atomic E-state index is 13.5. The number of H-pyrrole nitrogens is 1. The van der Waals surface area contributed by atoms with Crippen LogP contribution in [0.4, 0.5) is 17.2 Å². The van der Waals surface area contributed by atoms with Gasteiger partial charge in [0.1, 0.15) is 24.0 Å². The van der Waals surface area contributed by atoms with Crippen molar-refractivity contribution in [3.63, 3.8) is 0 Å². The number of anilines is 3. The van der Waals surface area contributed by atoms with E-state index < -0.39 is 6.04 Å². The molecule has 6 N–H and O–H groups in total. The number of benzene rings is 4. The molecule has 4 heterocycles. The Kier molecular flexibility index (Phi) is 9.81. The van der Waals surface area contributed by atoms with Crippen LogP contribution < -0.4 is 16.8 Å². The Morgan fingerprint density at radius 2 is 1.65 bits per heavy atom. The Bertz CT molecular complexity index is 2410. The number of carbonyl (C=O) groups excluding carboxylic acids is 1. The summed E-state index contributed by atoms with van der Waals surface area (Å²) in [7, 11) is 0. The number of nitrogen functional groups attached to an aromatic ring is 1. The zero-order chi connectivity index (χ0) is 37.2. The van der Waals surface area contributed by atoms with Crippen LogP contribution in [0.25, 0.3) is 33.4 Å². The van der Waals surface area contributed by atoms with E-state index in [0.29, 0.717) is 23.9 Å². The second-order valence-corrected chi connectivity index (χ2v) is 14.9. The quantitative estimate of drug-likeness (QED) is 0.101. The van der Waals surface area contributed by atoms with Gasteiger partial charge in [-0.25, -0.2) is 19.9 Å². The fourth-order valence-electron chi connectivity index (χ4n) is 6.86. The molecule has 0 saturated carbocycles. The first kappa shape index (κ1) is 35.0. The van der Waals surface area contributed by atoms with Gasteiger partial charge in [0, 0.05) is 27.7 Å². The van der Waals surface area contributed by atoms with Gasteiger partial charge in [-0.05, 0) is 89.5 Å². The van der Waals surface area contributed by atoms with E-state index >= 15 is 0 Å². The summed E-state index contributed by atoms with van der Waals surface area (Å²) in [6.45, 7) is 4.90. The molecular formula is C43H41N9OS. The molecule has 2 atom stereocenters. The largest absolute Gasteiger partial charge is 0.399 e. The Morgan fingerprint density at radius 1 is 0.889 bits per heavy atom. The summed E-state index contributed by atoms with van der Waals surface area (Å²) in [6, 6.07) is 35.5. The SMILES string of the molecule is CC(C)c1ccc2c(Nc3cc(-c4ccc(-c5cnc([C@@H]6CCCN6C(=O)[C@H](N)c6ccccc6)[nH]5)cc4)ccc3Sc3ccc(N)cc3)ncnc2n1. The van der Waals surface area contributed by atoms with Crippen LogP contribution in [0.2, 0.25) is 0 Å². The number of nitrogens with two attached hydrogens (primary N) is 2. The minimum atomic E-state index is -0.704. The van der Waals surface area contributed by atoms with Crippen LogP contribution in [0.3, 0.4) is 0 Å². The highest BCUT2D eigenvalue weighted by molar-refractivity contribution is 7.99. The third-order valence-corrected chi connectivity index (χ3v) is 10.9. The molecule has 0 radical (unpaired) electrons. The summed E-state index contributed by atoms with van der Waals surface area (Å²) in [5.41, 5.74) is 20.5. The zero-order valence-corrected chi connectivity index (χ0v) is 30.9. The Morgan fingerprint density at radius 3 is 2.43 bits per heavy atom. The summed E-state index contributed by atoms with van der Waals surface area (Å²) >= 11 is 1.65. The molecular weight excluding hydrogens is 691 g/mol. The van der Waals surface area contributed by atoms with Gasteiger partial charge in [0.05, 0.1) is 29.0 Å². The molecule has 1 fully saturated rings. The number of nitrogens with zero attached hydrogens (tertiary/aromatic N) is 5. The average molecular weight is 732 g/mol. The number of rotatable bonds is 10. The number of fused-ring (bicyclic) bond motifs is 1. The molecule has 4 aromatic carbocycles. The van der Waals surface area contributed by atoms with Gasteiger partial charge < -0.3 is 26.7 Å². The van der Waals surface area contributed by atoms with Gasteiger partial charge in [-0.1, -0.05) is 86.3 Å². The van der Waals surface area contributed by atoms with Gasteiger partial charge >= 0.3 is 0 Å². The van der Waals surface area contributed by atoms with Crippen molar-refractivity contribution in [2.75, 3.05) is 17.6 Å². The van der Waals surface area contributed by atoms with Crippen LogP contribution in [-0.4, -0.2) is 42.3 Å². The number of nitrogens with one attached hydrogen (secondary N) is 2. The number of aromatic nitrogens is 5. The van der Waals surface area contributed by atoms with Crippen LogP contribution in [0, 0.1) is 0 Å². The van der Waals surface area contributed by atoms with E-state index in [1.807, 2.05) is 77.8 Å². The Hall–Kier alpha value is -6.04. The monoisotopic (exact) mass is 731 g/mol. The zero-order valence-electron chi connectivity index (χ0n) is 30.1. The van der Waals surface area contributed by atoms with E-state index in [-0.39, 0.29) is 11.9 Å². The summed E-state index contributed by atoms with van der Waals surface area (Å²) in [5.74, 6) is 1.68. The highest BCUT2D eigenvalue weighted by Crippen LogP contribution is 2.39. The number of pyridine rings is 1. The smallest absolute Gasteiger partial charge is 0.244 e. The van der Waals surface area contributed by atoms with Crippen LogP contribution in [-0.2, 0) is 4.79 Å². The molecule has 0 bridgehead atoms. The lowest BCUT2D eigenvalue weighted by Gasteiger charge is -2.26. The number of hydrogen-bond donors (Lipinski definition) is 4. The maximum atomic E-state index is 13.5. The number of aromatic amines is 1. The van der Waals surface area contributed by atoms with Crippen molar-refractivity contribution in [2.24, 2.45) is 5.73 Å². The number of likely N-dealkylation sites (tertiary alicyclic amines) is 1. The maximum Gasteiger partial charge on any atom is 0.244 e. The van der Waals surface area contributed by atoms with E-state index in [4.69, 9.17) is 21.4 Å². The summed E-state index contributed by atoms with van der Waals surface area (Å²) in [4.78, 5) is 39.6. The molecule has 1 aliphatic heterocycles. The molecule has 0 spiro atoms. The lowest BCUT2D eigenvalue weighted by atomic mass is 10.0. The number of hydrogen-bond acceptors (Lipinski definition) is 9. The average Bonchev–Trinajstić information content (AvgIpc) is 3.90. The van der Waals surface area contributed by atoms with Gasteiger partial charge in [0.25, 0.3) is 0 Å². The topological polar surface area (TPSA) is 152 Å². The molecule has 1 saturated heterocycles. The fraction of sp³-hybridized carbons (Fsp3) is 0.186. The first-order chi connectivity index (χ1) is 26.3. The van der Waals surface area contributed by atoms with Crippen molar-refractivity contribution in [2.45, 2.75) is 54.5 Å². The molecule has 0 aliphatic carbocycles. The van der Waals surface area contributed by atoms with Crippen LogP contribution in [0.1, 0.15) is 61.8 Å². The lowest BCUT2D eigenvalue weighted by molar-refractivity contribution is -0.133. The van der Waals surface area contributed by atoms with E-state index in [0.717, 1.165) is 78.9 Å². The second kappa shape index (κ2) is 15.1. The fourth-order valence-corrected chi connectivity index (χ4v) is 7.74. The second-order valence-electron chi connectivity index (χ2n) is 13.8. The third kappa shape index (κ3) is 7.28. The summed E-state index contributed by atoms with van der Waals surface area (Å²) < 4.78 is 0. The van der Waals surface area contributed by atoms with E-state index in [2.05, 4.69) is 76.6 Å². The van der Waals surface area contributed by atoms with E-state index in [1.165, 1.54) is 0 Å². The Balaban J connectivity index is 1.05. The molecule has 1 amide bonds. The lowest BCUT2D eigenvalue weighted by Crippen LogP contribution is -2.38.